The van der Waals surface area contributed by atoms with Crippen LogP contribution in [0.4, 0.5) is 4.79 Å². The topological polar surface area (TPSA) is 107 Å². The lowest BCUT2D eigenvalue weighted by atomic mass is 10.0. The van der Waals surface area contributed by atoms with E-state index in [0.29, 0.717) is 44.5 Å². The number of carboxylic acids is 1. The zero-order valence-electron chi connectivity index (χ0n) is 16.9. The van der Waals surface area contributed by atoms with Crippen molar-refractivity contribution >= 4 is 23.0 Å². The van der Waals surface area contributed by atoms with Crippen LogP contribution in [0.25, 0.3) is 10.9 Å². The standard InChI is InChI=1S/C21H26N2O6/c1-21(2,3)29-20(27)22-6-4-5-13-9-14-12-28-8-7-23-11-16(19(25)26)18(24)15(10-13)17(14)23/h9-11H,4-8,12H2,1-3H3,(H,22,27)(H,25,26). The van der Waals surface area contributed by atoms with Crippen LogP contribution in [0.2, 0.25) is 0 Å². The number of carbonyl (C=O) groups is 2. The summed E-state index contributed by atoms with van der Waals surface area (Å²) >= 11 is 0. The molecular weight excluding hydrogens is 376 g/mol. The molecule has 1 aliphatic rings. The fourth-order valence-electron chi connectivity index (χ4n) is 3.42. The van der Waals surface area contributed by atoms with Gasteiger partial charge in [-0.2, -0.15) is 0 Å². The van der Waals surface area contributed by atoms with Gasteiger partial charge in [0.05, 0.1) is 18.7 Å². The first-order chi connectivity index (χ1) is 13.7. The Morgan fingerprint density at radius 2 is 2.07 bits per heavy atom. The summed E-state index contributed by atoms with van der Waals surface area (Å²) in [6, 6.07) is 3.74. The number of carboxylic acid groups (broad SMARTS) is 1. The summed E-state index contributed by atoms with van der Waals surface area (Å²) in [5.41, 5.74) is 1.22. The van der Waals surface area contributed by atoms with E-state index in [9.17, 15) is 19.5 Å². The number of nitrogens with zero attached hydrogens (tertiary/aromatic N) is 1. The molecule has 0 atom stereocenters. The van der Waals surface area contributed by atoms with Gasteiger partial charge in [0.15, 0.2) is 0 Å². The summed E-state index contributed by atoms with van der Waals surface area (Å²) in [4.78, 5) is 35.9. The average molecular weight is 402 g/mol. The first-order valence-electron chi connectivity index (χ1n) is 9.62. The van der Waals surface area contributed by atoms with E-state index in [2.05, 4.69) is 5.32 Å². The molecule has 2 heterocycles. The molecule has 0 saturated heterocycles. The van der Waals surface area contributed by atoms with Crippen molar-refractivity contribution in [2.24, 2.45) is 0 Å². The third-order valence-corrected chi connectivity index (χ3v) is 4.58. The number of hydrogen-bond acceptors (Lipinski definition) is 5. The molecule has 8 nitrogen and oxygen atoms in total. The van der Waals surface area contributed by atoms with Crippen LogP contribution in [0.5, 0.6) is 0 Å². The molecule has 0 unspecified atom stereocenters. The number of aryl methyl sites for hydroxylation is 1. The molecule has 2 aromatic rings. The van der Waals surface area contributed by atoms with Crippen molar-refractivity contribution in [3.8, 4) is 0 Å². The van der Waals surface area contributed by atoms with Gasteiger partial charge in [0.1, 0.15) is 11.2 Å². The van der Waals surface area contributed by atoms with E-state index >= 15 is 0 Å². The lowest BCUT2D eigenvalue weighted by Gasteiger charge is -2.19. The van der Waals surface area contributed by atoms with Gasteiger partial charge in [0, 0.05) is 30.2 Å². The van der Waals surface area contributed by atoms with Crippen LogP contribution in [0.15, 0.2) is 23.1 Å². The normalized spacial score (nSPS) is 13.8. The second-order valence-electron chi connectivity index (χ2n) is 8.11. The molecule has 1 aromatic carbocycles. The van der Waals surface area contributed by atoms with Crippen molar-refractivity contribution in [3.63, 3.8) is 0 Å². The van der Waals surface area contributed by atoms with Crippen LogP contribution < -0.4 is 10.7 Å². The van der Waals surface area contributed by atoms with Gasteiger partial charge in [-0.25, -0.2) is 9.59 Å². The van der Waals surface area contributed by atoms with E-state index in [-0.39, 0.29) is 5.56 Å². The third-order valence-electron chi connectivity index (χ3n) is 4.58. The van der Waals surface area contributed by atoms with Crippen LogP contribution in [-0.4, -0.2) is 40.5 Å². The Morgan fingerprint density at radius 3 is 2.76 bits per heavy atom. The Labute approximate surface area is 168 Å². The number of ether oxygens (including phenoxy) is 2. The number of benzene rings is 1. The zero-order chi connectivity index (χ0) is 21.2. The number of pyridine rings is 1. The number of amides is 1. The molecular formula is C21H26N2O6. The Kier molecular flexibility index (Phi) is 5.93. The highest BCUT2D eigenvalue weighted by molar-refractivity contribution is 5.93. The minimum absolute atomic E-state index is 0.242. The Bertz CT molecular complexity index is 1000. The zero-order valence-corrected chi connectivity index (χ0v) is 16.9. The highest BCUT2D eigenvalue weighted by atomic mass is 16.6. The first kappa shape index (κ1) is 20.9. The van der Waals surface area contributed by atoms with Crippen LogP contribution in [0.1, 0.15) is 48.7 Å². The van der Waals surface area contributed by atoms with E-state index < -0.39 is 23.1 Å². The maximum absolute atomic E-state index is 12.7. The van der Waals surface area contributed by atoms with Crippen molar-refractivity contribution in [1.29, 1.82) is 0 Å². The largest absolute Gasteiger partial charge is 0.477 e. The van der Waals surface area contributed by atoms with Crippen molar-refractivity contribution in [2.75, 3.05) is 13.2 Å². The number of alkyl carbamates (subject to hydrolysis) is 1. The molecule has 0 saturated carbocycles. The number of hydrogen-bond donors (Lipinski definition) is 2. The monoisotopic (exact) mass is 402 g/mol. The number of aromatic nitrogens is 1. The number of nitrogens with one attached hydrogen (secondary N) is 1. The molecule has 3 rings (SSSR count). The fraction of sp³-hybridized carbons (Fsp3) is 0.476. The van der Waals surface area contributed by atoms with E-state index in [0.717, 1.165) is 16.6 Å². The van der Waals surface area contributed by atoms with E-state index in [1.165, 1.54) is 6.20 Å². The van der Waals surface area contributed by atoms with Gasteiger partial charge in [-0.15, -0.1) is 0 Å². The van der Waals surface area contributed by atoms with Gasteiger partial charge in [0.25, 0.3) is 0 Å². The minimum atomic E-state index is -1.24. The predicted molar refractivity (Wildman–Crippen MR) is 107 cm³/mol. The summed E-state index contributed by atoms with van der Waals surface area (Å²) in [5, 5.41) is 12.5. The molecule has 0 fully saturated rings. The first-order valence-corrected chi connectivity index (χ1v) is 9.62. The van der Waals surface area contributed by atoms with Crippen molar-refractivity contribution < 1.29 is 24.2 Å². The van der Waals surface area contributed by atoms with Crippen LogP contribution in [0.3, 0.4) is 0 Å². The quantitative estimate of drug-likeness (QED) is 0.745. The molecule has 0 aliphatic carbocycles. The van der Waals surface area contributed by atoms with Gasteiger partial charge >= 0.3 is 12.1 Å². The second kappa shape index (κ2) is 8.24. The third kappa shape index (κ3) is 4.95. The van der Waals surface area contributed by atoms with E-state index in [4.69, 9.17) is 9.47 Å². The smallest absolute Gasteiger partial charge is 0.407 e. The van der Waals surface area contributed by atoms with E-state index in [1.54, 1.807) is 31.4 Å². The van der Waals surface area contributed by atoms with Gasteiger partial charge in [-0.1, -0.05) is 6.07 Å². The van der Waals surface area contributed by atoms with Gasteiger partial charge in [0.2, 0.25) is 5.43 Å². The van der Waals surface area contributed by atoms with Crippen molar-refractivity contribution in [3.05, 3.63) is 45.2 Å². The molecule has 1 amide bonds. The molecule has 29 heavy (non-hydrogen) atoms. The summed E-state index contributed by atoms with van der Waals surface area (Å²) < 4.78 is 12.6. The maximum atomic E-state index is 12.7. The van der Waals surface area contributed by atoms with Crippen molar-refractivity contribution in [2.45, 2.75) is 52.4 Å². The minimum Gasteiger partial charge on any atom is -0.477 e. The predicted octanol–water partition coefficient (Wildman–Crippen LogP) is 2.69. The summed E-state index contributed by atoms with van der Waals surface area (Å²) in [6.45, 7) is 7.14. The maximum Gasteiger partial charge on any atom is 0.407 e. The highest BCUT2D eigenvalue weighted by Gasteiger charge is 2.20. The summed E-state index contributed by atoms with van der Waals surface area (Å²) in [6.07, 6.45) is 2.20. The fourth-order valence-corrected chi connectivity index (χ4v) is 3.42. The molecule has 8 heteroatoms. The molecule has 1 aromatic heterocycles. The van der Waals surface area contributed by atoms with Gasteiger partial charge in [-0.3, -0.25) is 4.79 Å². The van der Waals surface area contributed by atoms with Gasteiger partial charge < -0.3 is 24.5 Å². The Hall–Kier alpha value is -2.87. The molecule has 0 radical (unpaired) electrons. The molecule has 156 valence electrons. The number of aromatic carboxylic acids is 1. The molecule has 0 spiro atoms. The molecule has 0 bridgehead atoms. The highest BCUT2D eigenvalue weighted by Crippen LogP contribution is 2.24. The van der Waals surface area contributed by atoms with Crippen LogP contribution >= 0.6 is 0 Å². The van der Waals surface area contributed by atoms with Gasteiger partial charge in [-0.05, 0) is 45.2 Å². The van der Waals surface area contributed by atoms with Crippen molar-refractivity contribution in [1.82, 2.24) is 9.88 Å². The average Bonchev–Trinajstić information content (AvgIpc) is 2.82. The molecule has 1 aliphatic heterocycles. The Balaban J connectivity index is 1.82. The van der Waals surface area contributed by atoms with Crippen LogP contribution in [-0.2, 0) is 29.0 Å². The van der Waals surface area contributed by atoms with E-state index in [1.807, 2.05) is 6.07 Å². The lowest BCUT2D eigenvalue weighted by Crippen LogP contribution is -2.33. The number of carbonyl (C=O) groups excluding carboxylic acids is 1. The molecule has 2 N–H and O–H groups in total. The Morgan fingerprint density at radius 1 is 1.31 bits per heavy atom. The van der Waals surface area contributed by atoms with Crippen LogP contribution in [0, 0.1) is 0 Å². The lowest BCUT2D eigenvalue weighted by molar-refractivity contribution is 0.0526. The SMILES string of the molecule is CC(C)(C)OC(=O)NCCCc1cc2c3c(c1)c(=O)c(C(=O)O)cn3CCOC2. The summed E-state index contributed by atoms with van der Waals surface area (Å²) in [7, 11) is 0. The number of rotatable bonds is 5. The summed E-state index contributed by atoms with van der Waals surface area (Å²) in [5.74, 6) is -1.24. The second-order valence-corrected chi connectivity index (χ2v) is 8.11.